The summed E-state index contributed by atoms with van der Waals surface area (Å²) in [5.74, 6) is 0. The monoisotopic (exact) mass is 596 g/mol. The Hall–Kier alpha value is -1.49. The van der Waals surface area contributed by atoms with Crippen LogP contribution < -0.4 is 15.9 Å². The van der Waals surface area contributed by atoms with E-state index in [1.54, 1.807) is 0 Å². The minimum absolute atomic E-state index is 0.346. The predicted molar refractivity (Wildman–Crippen MR) is 152 cm³/mol. The fourth-order valence-electron chi connectivity index (χ4n) is 3.87. The van der Waals surface area contributed by atoms with E-state index in [4.69, 9.17) is 19.4 Å². The van der Waals surface area contributed by atoms with Crippen molar-refractivity contribution < 1.29 is 15.1 Å². The molecule has 4 aromatic rings. The molecular formula is C30H33Cl2PRu. The Labute approximate surface area is 223 Å². The maximum Gasteiger partial charge on any atom is -0.0134 e. The molecule has 0 radical (unpaired) electrons. The molecule has 0 saturated carbocycles. The molecule has 180 valence electrons. The van der Waals surface area contributed by atoms with Crippen LogP contribution in [0.25, 0.3) is 0 Å². The average molecular weight is 597 g/mol. The van der Waals surface area contributed by atoms with Gasteiger partial charge in [0, 0.05) is 0 Å². The van der Waals surface area contributed by atoms with Crippen LogP contribution in [0.4, 0.5) is 0 Å². The molecule has 4 rings (SSSR count). The van der Waals surface area contributed by atoms with Crippen LogP contribution in [-0.4, -0.2) is 0 Å². The van der Waals surface area contributed by atoms with E-state index in [1.807, 2.05) is 0 Å². The van der Waals surface area contributed by atoms with E-state index in [0.717, 1.165) is 0 Å². The van der Waals surface area contributed by atoms with Crippen molar-refractivity contribution in [1.29, 1.82) is 0 Å². The van der Waals surface area contributed by atoms with Crippen LogP contribution in [0.15, 0.2) is 91.0 Å². The molecule has 0 bridgehead atoms. The molecule has 0 spiro atoms. The fourth-order valence-corrected chi connectivity index (χ4v) is 6.17. The van der Waals surface area contributed by atoms with Gasteiger partial charge in [-0.15, -0.1) is 0 Å². The number of hydrogen-bond donors (Lipinski definition) is 0. The van der Waals surface area contributed by atoms with Crippen LogP contribution in [0, 0.1) is 41.5 Å². The standard InChI is InChI=1S/C18H15P.C12H18.2ClH.Ru/c1-4-10-16(11-5-1)19(17-12-6-2-7-13-17)18-14-8-3-9-15-18;1-7-8(2)10(4)12(6)11(5)9(7)3;;;/h1-15H;1-6H3;2*1H;/q;;;;+2/p-2. The molecule has 0 aromatic heterocycles. The van der Waals surface area contributed by atoms with Crippen LogP contribution in [-0.2, 0) is 15.1 Å². The van der Waals surface area contributed by atoms with Crippen LogP contribution in [0.1, 0.15) is 33.4 Å². The van der Waals surface area contributed by atoms with Gasteiger partial charge in [-0.2, -0.15) is 0 Å². The van der Waals surface area contributed by atoms with Gasteiger partial charge in [-0.3, -0.25) is 0 Å². The molecule has 0 unspecified atom stereocenters. The number of rotatable bonds is 3. The minimum atomic E-state index is -0.446. The molecule has 0 N–H and O–H groups in total. The minimum Gasteiger partial charge on any atom is -0.0622 e. The van der Waals surface area contributed by atoms with Crippen LogP contribution in [0.2, 0.25) is 0 Å². The molecule has 4 aromatic carbocycles. The van der Waals surface area contributed by atoms with Crippen molar-refractivity contribution in [2.24, 2.45) is 0 Å². The van der Waals surface area contributed by atoms with E-state index in [-0.39, 0.29) is 15.1 Å². The van der Waals surface area contributed by atoms with Gasteiger partial charge < -0.3 is 0 Å². The summed E-state index contributed by atoms with van der Waals surface area (Å²) in [7, 11) is 9.26. The first-order valence-electron chi connectivity index (χ1n) is 11.2. The van der Waals surface area contributed by atoms with Crippen molar-refractivity contribution >= 4 is 43.2 Å². The molecule has 34 heavy (non-hydrogen) atoms. The Morgan fingerprint density at radius 1 is 0.412 bits per heavy atom. The molecule has 0 amide bonds. The molecule has 0 nitrogen and oxygen atoms in total. The van der Waals surface area contributed by atoms with Gasteiger partial charge in [0.15, 0.2) is 0 Å². The smallest absolute Gasteiger partial charge is 0.0134 e. The molecule has 0 heterocycles. The fraction of sp³-hybridized carbons (Fsp3) is 0.200. The topological polar surface area (TPSA) is 0 Å². The zero-order chi connectivity index (χ0) is 25.1. The van der Waals surface area contributed by atoms with Gasteiger partial charge in [0.25, 0.3) is 0 Å². The van der Waals surface area contributed by atoms with E-state index in [2.05, 4.69) is 133 Å². The van der Waals surface area contributed by atoms with Crippen molar-refractivity contribution in [3.05, 3.63) is 124 Å². The Bertz CT molecular complexity index is 948. The van der Waals surface area contributed by atoms with Crippen molar-refractivity contribution in [1.82, 2.24) is 0 Å². The second-order valence-electron chi connectivity index (χ2n) is 8.14. The first-order valence-corrected chi connectivity index (χ1v) is 17.0. The number of hydrogen-bond acceptors (Lipinski definition) is 0. The Morgan fingerprint density at radius 2 is 0.588 bits per heavy atom. The summed E-state index contributed by atoms with van der Waals surface area (Å²) < 4.78 is 0. The average Bonchev–Trinajstić information content (AvgIpc) is 2.88. The van der Waals surface area contributed by atoms with Crippen LogP contribution >= 0.6 is 27.3 Å². The third kappa shape index (κ3) is 7.76. The summed E-state index contributed by atoms with van der Waals surface area (Å²) in [6.45, 7) is 13.3. The summed E-state index contributed by atoms with van der Waals surface area (Å²) in [5, 5.41) is 4.19. The van der Waals surface area contributed by atoms with Gasteiger partial charge >= 0.3 is 34.5 Å². The zero-order valence-corrected chi connectivity index (χ0v) is 24.9. The van der Waals surface area contributed by atoms with Crippen LogP contribution in [0.5, 0.6) is 0 Å². The van der Waals surface area contributed by atoms with Crippen LogP contribution in [0.3, 0.4) is 0 Å². The van der Waals surface area contributed by atoms with Gasteiger partial charge in [-0.1, -0.05) is 91.0 Å². The van der Waals surface area contributed by atoms with Gasteiger partial charge in [0.1, 0.15) is 0 Å². The molecule has 0 atom stereocenters. The Kier molecular flexibility index (Phi) is 12.5. The van der Waals surface area contributed by atoms with Crippen molar-refractivity contribution in [2.75, 3.05) is 0 Å². The molecule has 0 saturated heterocycles. The van der Waals surface area contributed by atoms with Crippen molar-refractivity contribution in [3.63, 3.8) is 0 Å². The van der Waals surface area contributed by atoms with Crippen molar-refractivity contribution in [3.8, 4) is 0 Å². The van der Waals surface area contributed by atoms with E-state index >= 15 is 0 Å². The summed E-state index contributed by atoms with van der Waals surface area (Å²) in [4.78, 5) is 0. The van der Waals surface area contributed by atoms with E-state index < -0.39 is 7.92 Å². The summed E-state index contributed by atoms with van der Waals surface area (Å²) in [6.07, 6.45) is 0. The van der Waals surface area contributed by atoms with Gasteiger partial charge in [0.05, 0.1) is 0 Å². The van der Waals surface area contributed by atoms with Crippen molar-refractivity contribution in [2.45, 2.75) is 41.5 Å². The quantitative estimate of drug-likeness (QED) is 0.165. The SMILES string of the molecule is Cc1c(C)c(C)c(C)c(C)c1C.[Cl][Ru][Cl].c1ccc(P(c2ccccc2)c2ccccc2)cc1. The second-order valence-corrected chi connectivity index (χ2v) is 13.0. The van der Waals surface area contributed by atoms with E-state index in [9.17, 15) is 0 Å². The molecule has 0 aliphatic heterocycles. The molecule has 0 aliphatic carbocycles. The molecule has 0 fully saturated rings. The summed E-state index contributed by atoms with van der Waals surface area (Å²) in [5.41, 5.74) is 8.73. The third-order valence-corrected chi connectivity index (χ3v) is 8.86. The zero-order valence-electron chi connectivity index (χ0n) is 20.7. The predicted octanol–water partition coefficient (Wildman–Crippen LogP) is 8.36. The first kappa shape index (κ1) is 28.7. The number of benzene rings is 4. The summed E-state index contributed by atoms with van der Waals surface area (Å²) >= 11 is -0.346. The van der Waals surface area contributed by atoms with E-state index in [0.29, 0.717) is 0 Å². The van der Waals surface area contributed by atoms with Gasteiger partial charge in [-0.25, -0.2) is 0 Å². The third-order valence-electron chi connectivity index (χ3n) is 6.42. The second kappa shape index (κ2) is 14.8. The maximum atomic E-state index is 4.85. The van der Waals surface area contributed by atoms with Gasteiger partial charge in [-0.05, 0) is 98.8 Å². The normalized spacial score (nSPS) is 10.3. The Morgan fingerprint density at radius 3 is 0.765 bits per heavy atom. The van der Waals surface area contributed by atoms with E-state index in [1.165, 1.54) is 49.3 Å². The molecule has 0 aliphatic rings. The molecular weight excluding hydrogens is 563 g/mol. The first-order chi connectivity index (χ1) is 16.3. The van der Waals surface area contributed by atoms with Gasteiger partial charge in [0.2, 0.25) is 0 Å². The Balaban J connectivity index is 0.000000234. The largest absolute Gasteiger partial charge is 0.0622 e. The summed E-state index contributed by atoms with van der Waals surface area (Å²) in [6, 6.07) is 32.3. The molecule has 4 heteroatoms. The number of halogens is 2. The maximum absolute atomic E-state index is 4.85.